The molecule has 0 aliphatic carbocycles. The van der Waals surface area contributed by atoms with E-state index in [1.54, 1.807) is 0 Å². The number of aliphatic carboxylic acids is 1. The lowest BCUT2D eigenvalue weighted by atomic mass is 10.0. The summed E-state index contributed by atoms with van der Waals surface area (Å²) in [6, 6.07) is 0.939. The van der Waals surface area contributed by atoms with Crippen LogP contribution in [0.4, 0.5) is 26.3 Å². The maximum atomic E-state index is 12.8. The predicted octanol–water partition coefficient (Wildman–Crippen LogP) is 4.26. The minimum Gasteiger partial charge on any atom is -0.478 e. The van der Waals surface area contributed by atoms with E-state index >= 15 is 0 Å². The number of nitrogens with zero attached hydrogens (tertiary/aromatic N) is 3. The maximum Gasteiger partial charge on any atom is 0.416 e. The van der Waals surface area contributed by atoms with Crippen molar-refractivity contribution in [3.63, 3.8) is 0 Å². The van der Waals surface area contributed by atoms with Gasteiger partial charge in [-0.15, -0.1) is 5.10 Å². The summed E-state index contributed by atoms with van der Waals surface area (Å²) in [5, 5.41) is 12.3. The van der Waals surface area contributed by atoms with E-state index in [0.717, 1.165) is 11.0 Å². The highest BCUT2D eigenvalue weighted by molar-refractivity contribution is 9.14. The third-order valence-corrected chi connectivity index (χ3v) is 3.39. The second-order valence-electron chi connectivity index (χ2n) is 4.61. The van der Waals surface area contributed by atoms with Gasteiger partial charge in [-0.25, -0.2) is 14.5 Å². The Bertz CT molecular complexity index is 809. The lowest BCUT2D eigenvalue weighted by Crippen LogP contribution is -2.11. The Kier molecular flexibility index (Phi) is 4.93. The first-order valence-corrected chi connectivity index (χ1v) is 6.99. The Morgan fingerprint density at radius 2 is 1.60 bits per heavy atom. The molecule has 25 heavy (non-hydrogen) atoms. The van der Waals surface area contributed by atoms with Gasteiger partial charge in [-0.1, -0.05) is 0 Å². The highest BCUT2D eigenvalue weighted by Gasteiger charge is 2.37. The largest absolute Gasteiger partial charge is 0.478 e. The van der Waals surface area contributed by atoms with E-state index in [2.05, 4.69) is 26.0 Å². The van der Waals surface area contributed by atoms with E-state index in [9.17, 15) is 31.1 Å². The molecule has 0 spiro atoms. The normalized spacial score (nSPS) is 13.2. The molecule has 0 amide bonds. The van der Waals surface area contributed by atoms with Gasteiger partial charge >= 0.3 is 18.3 Å². The molecule has 2 rings (SSSR count). The maximum absolute atomic E-state index is 12.8. The average molecular weight is 430 g/mol. The molecule has 0 saturated carbocycles. The van der Waals surface area contributed by atoms with Gasteiger partial charge in [-0.05, 0) is 34.1 Å². The number of hydrogen-bond donors (Lipinski definition) is 1. The number of carboxylic acid groups (broad SMARTS) is 1. The van der Waals surface area contributed by atoms with E-state index < -0.39 is 40.8 Å². The van der Waals surface area contributed by atoms with Crippen molar-refractivity contribution in [1.29, 1.82) is 0 Å². The standard InChI is InChI=1S/C13H6BrF6N3O2/c14-9(4-10(24)25)23-5-21-11(22-23)6-1-7(12(15,16)17)3-8(2-6)13(18,19)20/h1-5H,(H,24,25). The third-order valence-electron chi connectivity index (χ3n) is 2.80. The first-order valence-electron chi connectivity index (χ1n) is 6.20. The Labute approximate surface area is 143 Å². The zero-order chi connectivity index (χ0) is 19.0. The highest BCUT2D eigenvalue weighted by atomic mass is 79.9. The van der Waals surface area contributed by atoms with Crippen LogP contribution in [0, 0.1) is 0 Å². The van der Waals surface area contributed by atoms with Gasteiger partial charge < -0.3 is 5.11 Å². The number of rotatable bonds is 3. The molecule has 0 aliphatic rings. The fraction of sp³-hybridized carbons (Fsp3) is 0.154. The summed E-state index contributed by atoms with van der Waals surface area (Å²) in [5.74, 6) is -1.78. The highest BCUT2D eigenvalue weighted by Crippen LogP contribution is 2.38. The summed E-state index contributed by atoms with van der Waals surface area (Å²) in [7, 11) is 0. The predicted molar refractivity (Wildman–Crippen MR) is 76.3 cm³/mol. The SMILES string of the molecule is O=C(O)C=C(Br)n1cnc(-c2cc(C(F)(F)F)cc(C(F)(F)F)c2)n1. The summed E-state index contributed by atoms with van der Waals surface area (Å²) in [6.07, 6.45) is -8.39. The molecule has 2 aromatic rings. The Morgan fingerprint density at radius 3 is 2.04 bits per heavy atom. The van der Waals surface area contributed by atoms with Gasteiger partial charge in [0.15, 0.2) is 5.82 Å². The zero-order valence-corrected chi connectivity index (χ0v) is 13.3. The molecule has 0 saturated heterocycles. The van der Waals surface area contributed by atoms with Crippen molar-refractivity contribution in [3.05, 3.63) is 41.7 Å². The minimum atomic E-state index is -5.00. The lowest BCUT2D eigenvalue weighted by molar-refractivity contribution is -0.143. The van der Waals surface area contributed by atoms with Crippen LogP contribution in [-0.4, -0.2) is 25.8 Å². The third kappa shape index (κ3) is 4.59. The van der Waals surface area contributed by atoms with Crippen molar-refractivity contribution in [2.24, 2.45) is 0 Å². The molecule has 0 atom stereocenters. The molecule has 0 bridgehead atoms. The molecule has 134 valence electrons. The number of benzene rings is 1. The van der Waals surface area contributed by atoms with Gasteiger partial charge in [0.25, 0.3) is 0 Å². The smallest absolute Gasteiger partial charge is 0.416 e. The molecular formula is C13H6BrF6N3O2. The summed E-state index contributed by atoms with van der Waals surface area (Å²) in [5.41, 5.74) is -3.53. The molecule has 1 aromatic heterocycles. The molecular weight excluding hydrogens is 424 g/mol. The minimum absolute atomic E-state index is 0.0132. The topological polar surface area (TPSA) is 68.0 Å². The molecule has 0 fully saturated rings. The van der Waals surface area contributed by atoms with Crippen molar-refractivity contribution in [2.75, 3.05) is 0 Å². The van der Waals surface area contributed by atoms with Crippen molar-refractivity contribution in [1.82, 2.24) is 14.8 Å². The van der Waals surface area contributed by atoms with Crippen LogP contribution in [0.15, 0.2) is 30.6 Å². The van der Waals surface area contributed by atoms with Crippen molar-refractivity contribution >= 4 is 26.5 Å². The number of halogens is 7. The summed E-state index contributed by atoms with van der Waals surface area (Å²) < 4.78 is 77.7. The van der Waals surface area contributed by atoms with E-state index in [-0.39, 0.29) is 10.7 Å². The van der Waals surface area contributed by atoms with Crippen LogP contribution in [0.5, 0.6) is 0 Å². The quantitative estimate of drug-likeness (QED) is 0.584. The van der Waals surface area contributed by atoms with E-state index in [0.29, 0.717) is 18.2 Å². The van der Waals surface area contributed by atoms with Crippen LogP contribution in [0.25, 0.3) is 16.0 Å². The number of carbonyl (C=O) groups is 1. The Morgan fingerprint density at radius 1 is 1.08 bits per heavy atom. The molecule has 5 nitrogen and oxygen atoms in total. The molecule has 0 radical (unpaired) electrons. The van der Waals surface area contributed by atoms with Crippen LogP contribution >= 0.6 is 15.9 Å². The summed E-state index contributed by atoms with van der Waals surface area (Å²) >= 11 is 2.85. The second kappa shape index (κ2) is 6.50. The van der Waals surface area contributed by atoms with Gasteiger partial charge in [0, 0.05) is 5.56 Å². The summed E-state index contributed by atoms with van der Waals surface area (Å²) in [6.45, 7) is 0. The monoisotopic (exact) mass is 429 g/mol. The van der Waals surface area contributed by atoms with Crippen molar-refractivity contribution in [3.8, 4) is 11.4 Å². The van der Waals surface area contributed by atoms with Gasteiger partial charge in [-0.2, -0.15) is 26.3 Å². The Hall–Kier alpha value is -2.37. The van der Waals surface area contributed by atoms with E-state index in [4.69, 9.17) is 5.11 Å². The number of aromatic nitrogens is 3. The van der Waals surface area contributed by atoms with Gasteiger partial charge in [0.1, 0.15) is 10.9 Å². The first kappa shape index (κ1) is 19.0. The zero-order valence-electron chi connectivity index (χ0n) is 11.7. The number of hydrogen-bond acceptors (Lipinski definition) is 3. The number of carboxylic acids is 1. The summed E-state index contributed by atoms with van der Waals surface area (Å²) in [4.78, 5) is 14.2. The lowest BCUT2D eigenvalue weighted by Gasteiger charge is -2.13. The molecule has 1 heterocycles. The molecule has 1 N–H and O–H groups in total. The first-order chi connectivity index (χ1) is 11.4. The Balaban J connectivity index is 2.56. The molecule has 1 aromatic carbocycles. The van der Waals surface area contributed by atoms with Gasteiger partial charge in [0.05, 0.1) is 17.2 Å². The van der Waals surface area contributed by atoms with Crippen LogP contribution in [0.2, 0.25) is 0 Å². The number of alkyl halides is 6. The average Bonchev–Trinajstić information content (AvgIpc) is 2.94. The van der Waals surface area contributed by atoms with Gasteiger partial charge in [0.2, 0.25) is 0 Å². The van der Waals surface area contributed by atoms with Crippen LogP contribution in [0.3, 0.4) is 0 Å². The van der Waals surface area contributed by atoms with Crippen LogP contribution in [-0.2, 0) is 17.1 Å². The van der Waals surface area contributed by atoms with Crippen LogP contribution in [0.1, 0.15) is 11.1 Å². The van der Waals surface area contributed by atoms with Crippen molar-refractivity contribution in [2.45, 2.75) is 12.4 Å². The van der Waals surface area contributed by atoms with Crippen LogP contribution < -0.4 is 0 Å². The van der Waals surface area contributed by atoms with Gasteiger partial charge in [-0.3, -0.25) is 0 Å². The molecule has 0 aliphatic heterocycles. The van der Waals surface area contributed by atoms with E-state index in [1.807, 2.05) is 0 Å². The molecule has 12 heteroatoms. The van der Waals surface area contributed by atoms with Crippen molar-refractivity contribution < 1.29 is 36.2 Å². The fourth-order valence-corrected chi connectivity index (χ4v) is 2.12. The van der Waals surface area contributed by atoms with E-state index in [1.165, 1.54) is 0 Å². The molecule has 0 unspecified atom stereocenters. The second-order valence-corrected chi connectivity index (χ2v) is 5.43. The fourth-order valence-electron chi connectivity index (χ4n) is 1.75.